The van der Waals surface area contributed by atoms with Crippen molar-refractivity contribution in [2.24, 2.45) is 17.8 Å². The van der Waals surface area contributed by atoms with E-state index in [2.05, 4.69) is 46.8 Å². The number of aliphatic hydroxyl groups excluding tert-OH is 1. The average molecular weight is 877 g/mol. The highest BCUT2D eigenvalue weighted by atomic mass is 16.7. The highest BCUT2D eigenvalue weighted by Gasteiger charge is 2.51. The molecule has 1 saturated carbocycles. The first-order valence-corrected chi connectivity index (χ1v) is 22.6. The minimum Gasteiger partial charge on any atom is -0.496 e. The van der Waals surface area contributed by atoms with Crippen molar-refractivity contribution in [3.05, 3.63) is 119 Å². The molecule has 344 valence electrons. The van der Waals surface area contributed by atoms with Gasteiger partial charge in [-0.3, -0.25) is 14.4 Å². The maximum atomic E-state index is 14.7. The third-order valence-corrected chi connectivity index (χ3v) is 12.9. The van der Waals surface area contributed by atoms with Crippen LogP contribution in [0.15, 0.2) is 97.1 Å². The standard InChI is InChI=1S/C51H68N6O7/c1-33-17-15-24-44(34(33)2)54-50(60)47-46(35(3)63-51(61)52-29-37-20-13-10-14-21-37)45(32-58)64-57(47)30-38-22-16-23-43(48(38)62-8)39-26-40(28-42(27-39)56(6)7)49(59)53-41(31-55(4)5)25-36-18-11-9-12-19-36/h9-14,16,18-23,26-28,33-35,41,44-47,58H,15,17,24-25,29-32H2,1-8H3,(H,52,61)(H,53,59)(H,54,60)/t33-,34-,35-,41-,44-,45-,46+,47-/m0/s1. The first-order chi connectivity index (χ1) is 30.8. The molecule has 3 amide bonds. The molecule has 4 aromatic carbocycles. The lowest BCUT2D eigenvalue weighted by molar-refractivity contribution is -0.182. The van der Waals surface area contributed by atoms with Crippen LogP contribution in [0.1, 0.15) is 67.1 Å². The zero-order valence-electron chi connectivity index (χ0n) is 38.8. The predicted molar refractivity (Wildman–Crippen MR) is 251 cm³/mol. The topological polar surface area (TPSA) is 145 Å². The molecule has 1 heterocycles. The van der Waals surface area contributed by atoms with Crippen LogP contribution >= 0.6 is 0 Å². The maximum absolute atomic E-state index is 14.7. The quantitative estimate of drug-likeness (QED) is 0.0855. The molecule has 13 heteroatoms. The van der Waals surface area contributed by atoms with Crippen molar-refractivity contribution in [1.82, 2.24) is 25.9 Å². The number of hydroxylamine groups is 2. The number of carbonyl (C=O) groups excluding carboxylic acids is 3. The smallest absolute Gasteiger partial charge is 0.407 e. The molecule has 8 atom stereocenters. The van der Waals surface area contributed by atoms with Crippen LogP contribution in [-0.4, -0.2) is 112 Å². The van der Waals surface area contributed by atoms with Gasteiger partial charge in [-0.2, -0.15) is 5.06 Å². The summed E-state index contributed by atoms with van der Waals surface area (Å²) in [5, 5.41) is 21.8. The van der Waals surface area contributed by atoms with Gasteiger partial charge in [0.05, 0.1) is 26.2 Å². The summed E-state index contributed by atoms with van der Waals surface area (Å²) < 4.78 is 12.1. The van der Waals surface area contributed by atoms with Gasteiger partial charge in [-0.1, -0.05) is 106 Å². The van der Waals surface area contributed by atoms with Crippen molar-refractivity contribution in [2.75, 3.05) is 53.4 Å². The van der Waals surface area contributed by atoms with Gasteiger partial charge < -0.3 is 40.3 Å². The Morgan fingerprint density at radius 3 is 2.27 bits per heavy atom. The molecule has 64 heavy (non-hydrogen) atoms. The highest BCUT2D eigenvalue weighted by Crippen LogP contribution is 2.40. The van der Waals surface area contributed by atoms with E-state index >= 15 is 0 Å². The normalized spacial score (nSPS) is 22.0. The zero-order chi connectivity index (χ0) is 45.9. The van der Waals surface area contributed by atoms with E-state index in [1.165, 1.54) is 0 Å². The number of hydrogen-bond donors (Lipinski definition) is 4. The van der Waals surface area contributed by atoms with Gasteiger partial charge in [-0.25, -0.2) is 4.79 Å². The molecule has 0 spiro atoms. The van der Waals surface area contributed by atoms with Gasteiger partial charge in [-0.15, -0.1) is 0 Å². The van der Waals surface area contributed by atoms with E-state index in [0.717, 1.165) is 52.8 Å². The number of methoxy groups -OCH3 is 1. The number of amides is 3. The summed E-state index contributed by atoms with van der Waals surface area (Å²) in [4.78, 5) is 52.5. The van der Waals surface area contributed by atoms with Crippen LogP contribution in [0.2, 0.25) is 0 Å². The summed E-state index contributed by atoms with van der Waals surface area (Å²) in [6.45, 7) is 6.79. The zero-order valence-corrected chi connectivity index (χ0v) is 38.8. The van der Waals surface area contributed by atoms with Gasteiger partial charge in [-0.05, 0) is 80.6 Å². The summed E-state index contributed by atoms with van der Waals surface area (Å²) in [6.07, 6.45) is 1.37. The van der Waals surface area contributed by atoms with Crippen molar-refractivity contribution in [3.63, 3.8) is 0 Å². The molecule has 4 N–H and O–H groups in total. The Hall–Kier alpha value is -5.47. The van der Waals surface area contributed by atoms with Crippen LogP contribution in [0.5, 0.6) is 5.75 Å². The number of alkyl carbamates (subject to hydrolysis) is 1. The third kappa shape index (κ3) is 12.2. The van der Waals surface area contributed by atoms with Gasteiger partial charge in [0.1, 0.15) is 24.0 Å². The number of carbonyl (C=O) groups is 3. The number of rotatable bonds is 18. The minimum atomic E-state index is -0.926. The average Bonchev–Trinajstić information content (AvgIpc) is 3.65. The molecule has 0 unspecified atom stereocenters. The molecule has 6 rings (SSSR count). The SMILES string of the molecule is COc1c(CN2O[C@@H](CO)[C@@H]([C@H](C)OC(=O)NCc3ccccc3)[C@H]2C(=O)N[C@H]2CCC[C@H](C)[C@@H]2C)cccc1-c1cc(C(=O)N[C@@H](Cc2ccccc2)CN(C)C)cc(N(C)C)c1. The summed E-state index contributed by atoms with van der Waals surface area (Å²) in [5.74, 6) is 0.109. The summed E-state index contributed by atoms with van der Waals surface area (Å²) in [6, 6.07) is 30.2. The lowest BCUT2D eigenvalue weighted by Crippen LogP contribution is -2.54. The Labute approximate surface area is 379 Å². The van der Waals surface area contributed by atoms with Crippen molar-refractivity contribution in [3.8, 4) is 16.9 Å². The number of para-hydroxylation sites is 1. The van der Waals surface area contributed by atoms with Crippen molar-refractivity contribution < 1.29 is 33.8 Å². The number of likely N-dealkylation sites (N-methyl/N-ethyl adjacent to an activating group) is 1. The van der Waals surface area contributed by atoms with Crippen molar-refractivity contribution in [1.29, 1.82) is 0 Å². The highest BCUT2D eigenvalue weighted by molar-refractivity contribution is 5.97. The molecular formula is C51H68N6O7. The Morgan fingerprint density at radius 1 is 0.906 bits per heavy atom. The van der Waals surface area contributed by atoms with Gasteiger partial charge in [0.25, 0.3) is 5.91 Å². The summed E-state index contributed by atoms with van der Waals surface area (Å²) in [5.41, 5.74) is 5.64. The number of nitrogens with zero attached hydrogens (tertiary/aromatic N) is 3. The van der Waals surface area contributed by atoms with Crippen molar-refractivity contribution >= 4 is 23.6 Å². The number of aliphatic hydroxyl groups is 1. The molecule has 0 aromatic heterocycles. The Bertz CT molecular complexity index is 2150. The molecule has 0 radical (unpaired) electrons. The minimum absolute atomic E-state index is 0.0398. The third-order valence-electron chi connectivity index (χ3n) is 12.9. The summed E-state index contributed by atoms with van der Waals surface area (Å²) in [7, 11) is 9.48. The van der Waals surface area contributed by atoms with Crippen LogP contribution < -0.4 is 25.6 Å². The number of nitrogens with one attached hydrogen (secondary N) is 3. The summed E-state index contributed by atoms with van der Waals surface area (Å²) >= 11 is 0. The lowest BCUT2D eigenvalue weighted by atomic mass is 9.77. The van der Waals surface area contributed by atoms with Crippen LogP contribution in [0.25, 0.3) is 11.1 Å². The number of anilines is 1. The second-order valence-electron chi connectivity index (χ2n) is 18.0. The second-order valence-corrected chi connectivity index (χ2v) is 18.0. The Kier molecular flexibility index (Phi) is 16.8. The first kappa shape index (κ1) is 48.0. The van der Waals surface area contributed by atoms with Crippen LogP contribution in [0.4, 0.5) is 10.5 Å². The van der Waals surface area contributed by atoms with Gasteiger partial charge in [0, 0.05) is 61.6 Å². The fourth-order valence-corrected chi connectivity index (χ4v) is 9.24. The van der Waals surface area contributed by atoms with E-state index in [1.54, 1.807) is 19.1 Å². The Morgan fingerprint density at radius 2 is 1.61 bits per heavy atom. The fourth-order valence-electron chi connectivity index (χ4n) is 9.24. The molecule has 1 aliphatic heterocycles. The predicted octanol–water partition coefficient (Wildman–Crippen LogP) is 6.68. The molecule has 13 nitrogen and oxygen atoms in total. The largest absolute Gasteiger partial charge is 0.496 e. The van der Waals surface area contributed by atoms with E-state index < -0.39 is 36.9 Å². The van der Waals surface area contributed by atoms with Gasteiger partial charge in [0.2, 0.25) is 5.91 Å². The Balaban J connectivity index is 1.30. The maximum Gasteiger partial charge on any atom is 0.407 e. The molecule has 2 aliphatic rings. The van der Waals surface area contributed by atoms with Gasteiger partial charge >= 0.3 is 6.09 Å². The number of ether oxygens (including phenoxy) is 2. The van der Waals surface area contributed by atoms with Crippen LogP contribution in [0.3, 0.4) is 0 Å². The number of benzene rings is 4. The van der Waals surface area contributed by atoms with E-state index in [1.807, 2.05) is 118 Å². The molecule has 4 aromatic rings. The van der Waals surface area contributed by atoms with E-state index in [0.29, 0.717) is 30.2 Å². The van der Waals surface area contributed by atoms with Gasteiger partial charge in [0.15, 0.2) is 0 Å². The monoisotopic (exact) mass is 877 g/mol. The second kappa shape index (κ2) is 22.4. The van der Waals surface area contributed by atoms with E-state index in [9.17, 15) is 19.5 Å². The van der Waals surface area contributed by atoms with E-state index in [-0.39, 0.29) is 42.9 Å². The molecule has 1 saturated heterocycles. The fraction of sp³-hybridized carbons (Fsp3) is 0.471. The molecule has 0 bridgehead atoms. The number of hydrogen-bond acceptors (Lipinski definition) is 10. The van der Waals surface area contributed by atoms with Crippen molar-refractivity contribution in [2.45, 2.75) is 89.9 Å². The molecular weight excluding hydrogens is 809 g/mol. The lowest BCUT2D eigenvalue weighted by Gasteiger charge is -2.36. The van der Waals surface area contributed by atoms with E-state index in [4.69, 9.17) is 14.3 Å². The molecule has 2 fully saturated rings. The first-order valence-electron chi connectivity index (χ1n) is 22.6. The van der Waals surface area contributed by atoms with Crippen LogP contribution in [-0.2, 0) is 33.9 Å². The molecule has 1 aliphatic carbocycles. The van der Waals surface area contributed by atoms with Crippen LogP contribution in [0, 0.1) is 17.8 Å².